The van der Waals surface area contributed by atoms with Crippen LogP contribution in [0.1, 0.15) is 38.7 Å². The van der Waals surface area contributed by atoms with Gasteiger partial charge in [-0.3, -0.25) is 9.69 Å². The fraction of sp³-hybridized carbons (Fsp3) is 0.588. The van der Waals surface area contributed by atoms with Crippen molar-refractivity contribution < 1.29 is 18.7 Å². The number of carbonyl (C=O) groups excluding carboxylic acids is 1. The molecule has 2 N–H and O–H groups in total. The van der Waals surface area contributed by atoms with Gasteiger partial charge in [0.1, 0.15) is 17.2 Å². The molecule has 1 fully saturated rings. The second kappa shape index (κ2) is 7.36. The third-order valence-corrected chi connectivity index (χ3v) is 4.30. The highest BCUT2D eigenvalue weighted by atomic mass is 19.1. The first-order valence-electron chi connectivity index (χ1n) is 8.05. The SMILES string of the molecule is CCCN1CCC[C@H]1C(=O)NC[C@](C)(O)c1ccc(F)cc1F. The van der Waals surface area contributed by atoms with E-state index in [0.717, 1.165) is 44.5 Å². The van der Waals surface area contributed by atoms with Gasteiger partial charge in [0.25, 0.3) is 0 Å². The van der Waals surface area contributed by atoms with Crippen LogP contribution in [0.3, 0.4) is 0 Å². The Kier molecular flexibility index (Phi) is 5.70. The van der Waals surface area contributed by atoms with Gasteiger partial charge in [0.05, 0.1) is 12.6 Å². The summed E-state index contributed by atoms with van der Waals surface area (Å²) in [7, 11) is 0. The number of hydrogen-bond donors (Lipinski definition) is 2. The van der Waals surface area contributed by atoms with Gasteiger partial charge in [-0.25, -0.2) is 8.78 Å². The summed E-state index contributed by atoms with van der Waals surface area (Å²) in [5, 5.41) is 13.1. The predicted molar refractivity (Wildman–Crippen MR) is 83.8 cm³/mol. The third-order valence-electron chi connectivity index (χ3n) is 4.30. The van der Waals surface area contributed by atoms with E-state index in [9.17, 15) is 18.7 Å². The molecule has 1 amide bonds. The normalized spacial score (nSPS) is 21.2. The van der Waals surface area contributed by atoms with Crippen LogP contribution in [0, 0.1) is 11.6 Å². The lowest BCUT2D eigenvalue weighted by atomic mass is 9.95. The van der Waals surface area contributed by atoms with Crippen molar-refractivity contribution in [2.75, 3.05) is 19.6 Å². The van der Waals surface area contributed by atoms with Gasteiger partial charge in [-0.05, 0) is 45.3 Å². The van der Waals surface area contributed by atoms with Gasteiger partial charge in [0, 0.05) is 11.6 Å². The number of nitrogens with zero attached hydrogens (tertiary/aromatic N) is 1. The molecule has 6 heteroatoms. The van der Waals surface area contributed by atoms with Crippen molar-refractivity contribution >= 4 is 5.91 Å². The number of amides is 1. The Morgan fingerprint density at radius 2 is 2.22 bits per heavy atom. The molecule has 0 unspecified atom stereocenters. The molecule has 1 aromatic rings. The van der Waals surface area contributed by atoms with Gasteiger partial charge >= 0.3 is 0 Å². The molecule has 2 rings (SSSR count). The molecule has 0 spiro atoms. The molecule has 1 aliphatic heterocycles. The minimum atomic E-state index is -1.60. The molecular weight excluding hydrogens is 302 g/mol. The van der Waals surface area contributed by atoms with Crippen LogP contribution in [0.25, 0.3) is 0 Å². The Balaban J connectivity index is 1.99. The molecule has 0 radical (unpaired) electrons. The van der Waals surface area contributed by atoms with Crippen molar-refractivity contribution in [3.05, 3.63) is 35.4 Å². The maximum atomic E-state index is 13.8. The number of aliphatic hydroxyl groups is 1. The van der Waals surface area contributed by atoms with Gasteiger partial charge in [-0.15, -0.1) is 0 Å². The van der Waals surface area contributed by atoms with E-state index in [4.69, 9.17) is 0 Å². The first-order chi connectivity index (χ1) is 10.8. The summed E-state index contributed by atoms with van der Waals surface area (Å²) >= 11 is 0. The van der Waals surface area contributed by atoms with Gasteiger partial charge in [0.2, 0.25) is 5.91 Å². The fourth-order valence-corrected chi connectivity index (χ4v) is 3.08. The van der Waals surface area contributed by atoms with Gasteiger partial charge in [-0.1, -0.05) is 13.0 Å². The molecule has 0 aromatic heterocycles. The smallest absolute Gasteiger partial charge is 0.237 e. The van der Waals surface area contributed by atoms with Crippen LogP contribution in [-0.4, -0.2) is 41.6 Å². The van der Waals surface area contributed by atoms with E-state index in [1.54, 1.807) is 0 Å². The largest absolute Gasteiger partial charge is 0.383 e. The van der Waals surface area contributed by atoms with Crippen LogP contribution in [-0.2, 0) is 10.4 Å². The molecule has 2 atom stereocenters. The van der Waals surface area contributed by atoms with E-state index in [2.05, 4.69) is 17.1 Å². The number of rotatable bonds is 6. The summed E-state index contributed by atoms with van der Waals surface area (Å²) in [6.45, 7) is 5.11. The Labute approximate surface area is 135 Å². The summed E-state index contributed by atoms with van der Waals surface area (Å²) in [6.07, 6.45) is 2.74. The van der Waals surface area contributed by atoms with Crippen LogP contribution < -0.4 is 5.32 Å². The van der Waals surface area contributed by atoms with E-state index < -0.39 is 17.2 Å². The summed E-state index contributed by atoms with van der Waals surface area (Å²) in [5.41, 5.74) is -1.63. The number of benzene rings is 1. The monoisotopic (exact) mass is 326 g/mol. The average Bonchev–Trinajstić information content (AvgIpc) is 2.93. The van der Waals surface area contributed by atoms with Crippen molar-refractivity contribution in [2.24, 2.45) is 0 Å². The predicted octanol–water partition coefficient (Wildman–Crippen LogP) is 2.16. The minimum Gasteiger partial charge on any atom is -0.383 e. The molecule has 23 heavy (non-hydrogen) atoms. The van der Waals surface area contributed by atoms with E-state index >= 15 is 0 Å². The Morgan fingerprint density at radius 3 is 2.87 bits per heavy atom. The second-order valence-electron chi connectivity index (χ2n) is 6.31. The van der Waals surface area contributed by atoms with Crippen molar-refractivity contribution in [1.29, 1.82) is 0 Å². The van der Waals surface area contributed by atoms with Crippen LogP contribution in [0.5, 0.6) is 0 Å². The molecule has 0 saturated carbocycles. The highest BCUT2D eigenvalue weighted by Gasteiger charge is 2.32. The first kappa shape index (κ1) is 17.8. The molecular formula is C17H24F2N2O2. The Morgan fingerprint density at radius 1 is 1.48 bits per heavy atom. The topological polar surface area (TPSA) is 52.6 Å². The van der Waals surface area contributed by atoms with Gasteiger partial charge < -0.3 is 10.4 Å². The van der Waals surface area contributed by atoms with E-state index in [1.165, 1.54) is 13.0 Å². The quantitative estimate of drug-likeness (QED) is 0.842. The summed E-state index contributed by atoms with van der Waals surface area (Å²) in [5.74, 6) is -1.68. The van der Waals surface area contributed by atoms with E-state index in [-0.39, 0.29) is 24.1 Å². The lowest BCUT2D eigenvalue weighted by molar-refractivity contribution is -0.126. The lowest BCUT2D eigenvalue weighted by Crippen LogP contribution is -2.47. The zero-order valence-electron chi connectivity index (χ0n) is 13.6. The summed E-state index contributed by atoms with van der Waals surface area (Å²) in [6, 6.07) is 2.83. The lowest BCUT2D eigenvalue weighted by Gasteiger charge is -2.27. The van der Waals surface area contributed by atoms with E-state index in [0.29, 0.717) is 0 Å². The second-order valence-corrected chi connectivity index (χ2v) is 6.31. The summed E-state index contributed by atoms with van der Waals surface area (Å²) < 4.78 is 26.8. The Hall–Kier alpha value is -1.53. The molecule has 0 aliphatic carbocycles. The van der Waals surface area contributed by atoms with E-state index in [1.807, 2.05) is 0 Å². The van der Waals surface area contributed by atoms with Crippen molar-refractivity contribution in [2.45, 2.75) is 44.8 Å². The molecule has 4 nitrogen and oxygen atoms in total. The number of carbonyl (C=O) groups is 1. The summed E-state index contributed by atoms with van der Waals surface area (Å²) in [4.78, 5) is 14.5. The molecule has 1 aromatic carbocycles. The molecule has 0 bridgehead atoms. The average molecular weight is 326 g/mol. The highest BCUT2D eigenvalue weighted by molar-refractivity contribution is 5.82. The molecule has 1 saturated heterocycles. The maximum Gasteiger partial charge on any atom is 0.237 e. The van der Waals surface area contributed by atoms with Crippen LogP contribution in [0.2, 0.25) is 0 Å². The number of hydrogen-bond acceptors (Lipinski definition) is 3. The van der Waals surface area contributed by atoms with Crippen LogP contribution in [0.4, 0.5) is 8.78 Å². The zero-order chi connectivity index (χ0) is 17.0. The van der Waals surface area contributed by atoms with Crippen LogP contribution >= 0.6 is 0 Å². The first-order valence-corrected chi connectivity index (χ1v) is 8.05. The Bertz CT molecular complexity index is 564. The minimum absolute atomic E-state index is 0.0314. The van der Waals surface area contributed by atoms with Crippen molar-refractivity contribution in [3.63, 3.8) is 0 Å². The van der Waals surface area contributed by atoms with Gasteiger partial charge in [0.15, 0.2) is 0 Å². The van der Waals surface area contributed by atoms with Gasteiger partial charge in [-0.2, -0.15) is 0 Å². The fourth-order valence-electron chi connectivity index (χ4n) is 3.08. The highest BCUT2D eigenvalue weighted by Crippen LogP contribution is 2.24. The number of nitrogens with one attached hydrogen (secondary N) is 1. The molecule has 128 valence electrons. The van der Waals surface area contributed by atoms with Crippen molar-refractivity contribution in [1.82, 2.24) is 10.2 Å². The van der Waals surface area contributed by atoms with Crippen molar-refractivity contribution in [3.8, 4) is 0 Å². The maximum absolute atomic E-state index is 13.8. The number of halogens is 2. The molecule has 1 aliphatic rings. The standard InChI is InChI=1S/C17H24F2N2O2/c1-3-8-21-9-4-5-15(21)16(22)20-11-17(2,23)13-7-6-12(18)10-14(13)19/h6-7,10,15,23H,3-5,8-9,11H2,1-2H3,(H,20,22)/t15-,17-/m0/s1. The molecule has 1 heterocycles. The van der Waals surface area contributed by atoms with Crippen LogP contribution in [0.15, 0.2) is 18.2 Å². The third kappa shape index (κ3) is 4.26. The number of likely N-dealkylation sites (tertiary alicyclic amines) is 1. The zero-order valence-corrected chi connectivity index (χ0v) is 13.6.